The van der Waals surface area contributed by atoms with Crippen LogP contribution in [0.1, 0.15) is 24.3 Å². The first kappa shape index (κ1) is 18.2. The number of carbonyl (C=O) groups excluding carboxylic acids is 2. The molecule has 8 nitrogen and oxygen atoms in total. The van der Waals surface area contributed by atoms with E-state index in [1.807, 2.05) is 13.8 Å². The molecule has 0 saturated carbocycles. The van der Waals surface area contributed by atoms with Crippen molar-refractivity contribution in [2.45, 2.75) is 13.8 Å². The topological polar surface area (TPSA) is 102 Å². The monoisotopic (exact) mass is 344 g/mol. The Balaban J connectivity index is 2.03. The van der Waals surface area contributed by atoms with Crippen molar-refractivity contribution in [3.63, 3.8) is 0 Å². The number of benzene rings is 1. The van der Waals surface area contributed by atoms with Gasteiger partial charge in [0.1, 0.15) is 5.69 Å². The number of rotatable bonds is 5. The van der Waals surface area contributed by atoms with Gasteiger partial charge in [-0.15, -0.1) is 0 Å². The Morgan fingerprint density at radius 2 is 1.84 bits per heavy atom. The number of nitrogens with zero attached hydrogens (tertiary/aromatic N) is 2. The fourth-order valence-corrected chi connectivity index (χ4v) is 1.89. The van der Waals surface area contributed by atoms with Gasteiger partial charge >= 0.3 is 6.09 Å². The molecule has 0 aliphatic carbocycles. The Bertz CT molecular complexity index is 829. The zero-order chi connectivity index (χ0) is 18.4. The van der Waals surface area contributed by atoms with Crippen LogP contribution in [0.15, 0.2) is 41.2 Å². The van der Waals surface area contributed by atoms with E-state index in [-0.39, 0.29) is 17.2 Å². The summed E-state index contributed by atoms with van der Waals surface area (Å²) in [5.41, 5.74) is 0.766. The van der Waals surface area contributed by atoms with Gasteiger partial charge in [-0.1, -0.05) is 19.9 Å². The molecule has 25 heavy (non-hydrogen) atoms. The van der Waals surface area contributed by atoms with Crippen LogP contribution in [0.2, 0.25) is 0 Å². The van der Waals surface area contributed by atoms with E-state index >= 15 is 0 Å². The minimum Gasteiger partial charge on any atom is -0.449 e. The molecule has 0 atom stereocenters. The molecule has 0 saturated heterocycles. The third kappa shape index (κ3) is 5.45. The van der Waals surface area contributed by atoms with Crippen molar-refractivity contribution in [1.29, 1.82) is 0 Å². The highest BCUT2D eigenvalue weighted by atomic mass is 16.5. The molecule has 2 aromatic rings. The van der Waals surface area contributed by atoms with Gasteiger partial charge < -0.3 is 10.1 Å². The Kier molecular flexibility index (Phi) is 5.89. The standard InChI is InChI=1S/C17H20N4O4/c1-11(2)10-25-17(24)19-13-6-4-5-12(9-13)18-16(23)14-7-8-15(22)21(3)20-14/h4-9,11H,10H2,1-3H3,(H,18,23)(H,19,24). The van der Waals surface area contributed by atoms with E-state index in [0.29, 0.717) is 18.0 Å². The van der Waals surface area contributed by atoms with E-state index < -0.39 is 12.0 Å². The molecule has 0 unspecified atom stereocenters. The van der Waals surface area contributed by atoms with Gasteiger partial charge in [0.25, 0.3) is 11.5 Å². The van der Waals surface area contributed by atoms with Crippen LogP contribution in [-0.2, 0) is 11.8 Å². The average molecular weight is 344 g/mol. The molecule has 0 aliphatic heterocycles. The molecular formula is C17H20N4O4. The molecule has 8 heteroatoms. The first-order valence-corrected chi connectivity index (χ1v) is 7.74. The molecule has 0 spiro atoms. The van der Waals surface area contributed by atoms with Crippen molar-refractivity contribution in [3.05, 3.63) is 52.4 Å². The maximum Gasteiger partial charge on any atom is 0.411 e. The number of amides is 2. The van der Waals surface area contributed by atoms with Crippen LogP contribution >= 0.6 is 0 Å². The van der Waals surface area contributed by atoms with E-state index in [9.17, 15) is 14.4 Å². The van der Waals surface area contributed by atoms with Crippen molar-refractivity contribution in [3.8, 4) is 0 Å². The van der Waals surface area contributed by atoms with Gasteiger partial charge in [0.15, 0.2) is 0 Å². The Morgan fingerprint density at radius 1 is 1.16 bits per heavy atom. The minimum atomic E-state index is -0.558. The van der Waals surface area contributed by atoms with Crippen LogP contribution in [0.5, 0.6) is 0 Å². The lowest BCUT2D eigenvalue weighted by molar-refractivity contribution is 0.102. The molecule has 2 rings (SSSR count). The molecule has 0 bridgehead atoms. The number of hydrogen-bond donors (Lipinski definition) is 2. The fraction of sp³-hybridized carbons (Fsp3) is 0.294. The first-order valence-electron chi connectivity index (χ1n) is 7.74. The Morgan fingerprint density at radius 3 is 2.48 bits per heavy atom. The van der Waals surface area contributed by atoms with Crippen molar-refractivity contribution in [2.24, 2.45) is 13.0 Å². The first-order chi connectivity index (χ1) is 11.8. The lowest BCUT2D eigenvalue weighted by Crippen LogP contribution is -2.23. The van der Waals surface area contributed by atoms with E-state index in [1.54, 1.807) is 24.3 Å². The number of aromatic nitrogens is 2. The lowest BCUT2D eigenvalue weighted by Gasteiger charge is -2.10. The van der Waals surface area contributed by atoms with Crippen LogP contribution in [-0.4, -0.2) is 28.4 Å². The third-order valence-corrected chi connectivity index (χ3v) is 3.11. The lowest BCUT2D eigenvalue weighted by atomic mass is 10.2. The summed E-state index contributed by atoms with van der Waals surface area (Å²) >= 11 is 0. The van der Waals surface area contributed by atoms with Crippen molar-refractivity contribution < 1.29 is 14.3 Å². The normalized spacial score (nSPS) is 10.4. The summed E-state index contributed by atoms with van der Waals surface area (Å²) in [6, 6.07) is 9.24. The third-order valence-electron chi connectivity index (χ3n) is 3.11. The average Bonchev–Trinajstić information content (AvgIpc) is 2.55. The summed E-state index contributed by atoms with van der Waals surface area (Å²) in [7, 11) is 1.46. The quantitative estimate of drug-likeness (QED) is 0.866. The highest BCUT2D eigenvalue weighted by Gasteiger charge is 2.10. The van der Waals surface area contributed by atoms with Crippen LogP contribution in [0, 0.1) is 5.92 Å². The summed E-state index contributed by atoms with van der Waals surface area (Å²) in [5.74, 6) is -0.221. The Hall–Kier alpha value is -3.16. The van der Waals surface area contributed by atoms with Gasteiger partial charge in [-0.25, -0.2) is 9.48 Å². The van der Waals surface area contributed by atoms with Gasteiger partial charge in [0.05, 0.1) is 6.61 Å². The zero-order valence-electron chi connectivity index (χ0n) is 14.3. The number of aryl methyl sites for hydroxylation is 1. The molecular weight excluding hydrogens is 324 g/mol. The van der Waals surface area contributed by atoms with E-state index in [4.69, 9.17) is 4.74 Å². The van der Waals surface area contributed by atoms with Crippen LogP contribution in [0.3, 0.4) is 0 Å². The predicted molar refractivity (Wildman–Crippen MR) is 93.7 cm³/mol. The zero-order valence-corrected chi connectivity index (χ0v) is 14.3. The van der Waals surface area contributed by atoms with Gasteiger partial charge in [0, 0.05) is 24.5 Å². The summed E-state index contributed by atoms with van der Waals surface area (Å²) < 4.78 is 6.12. The maximum atomic E-state index is 12.2. The van der Waals surface area contributed by atoms with E-state index in [0.717, 1.165) is 4.68 Å². The van der Waals surface area contributed by atoms with Crippen LogP contribution < -0.4 is 16.2 Å². The van der Waals surface area contributed by atoms with Gasteiger partial charge in [0.2, 0.25) is 0 Å². The van der Waals surface area contributed by atoms with Crippen LogP contribution in [0.4, 0.5) is 16.2 Å². The maximum absolute atomic E-state index is 12.2. The summed E-state index contributed by atoms with van der Waals surface area (Å²) in [6.45, 7) is 4.20. The highest BCUT2D eigenvalue weighted by Crippen LogP contribution is 2.16. The molecule has 2 N–H and O–H groups in total. The predicted octanol–water partition coefficient (Wildman–Crippen LogP) is 2.24. The van der Waals surface area contributed by atoms with Gasteiger partial charge in [-0.3, -0.25) is 14.9 Å². The summed E-state index contributed by atoms with van der Waals surface area (Å²) in [6.07, 6.45) is -0.558. The largest absolute Gasteiger partial charge is 0.449 e. The van der Waals surface area contributed by atoms with Crippen molar-refractivity contribution in [2.75, 3.05) is 17.2 Å². The van der Waals surface area contributed by atoms with Gasteiger partial charge in [-0.2, -0.15) is 5.10 Å². The molecule has 0 aliphatic rings. The second kappa shape index (κ2) is 8.09. The molecule has 132 valence electrons. The van der Waals surface area contributed by atoms with Crippen LogP contribution in [0.25, 0.3) is 0 Å². The number of ether oxygens (including phenoxy) is 1. The molecule has 0 fully saturated rings. The SMILES string of the molecule is CC(C)COC(=O)Nc1cccc(NC(=O)c2ccc(=O)n(C)n2)c1. The number of hydrogen-bond acceptors (Lipinski definition) is 5. The molecule has 1 aromatic heterocycles. The molecule has 2 amide bonds. The van der Waals surface area contributed by atoms with Gasteiger partial charge in [-0.05, 0) is 30.2 Å². The smallest absolute Gasteiger partial charge is 0.411 e. The summed E-state index contributed by atoms with van der Waals surface area (Å²) in [5, 5.41) is 9.14. The fourth-order valence-electron chi connectivity index (χ4n) is 1.89. The van der Waals surface area contributed by atoms with Crippen molar-refractivity contribution in [1.82, 2.24) is 9.78 Å². The van der Waals surface area contributed by atoms with E-state index in [2.05, 4.69) is 15.7 Å². The molecule has 1 aromatic carbocycles. The second-order valence-corrected chi connectivity index (χ2v) is 5.83. The minimum absolute atomic E-state index is 0.108. The second-order valence-electron chi connectivity index (χ2n) is 5.83. The summed E-state index contributed by atoms with van der Waals surface area (Å²) in [4.78, 5) is 35.2. The number of carbonyl (C=O) groups is 2. The molecule has 1 heterocycles. The number of nitrogens with one attached hydrogen (secondary N) is 2. The molecule has 0 radical (unpaired) electrons. The highest BCUT2D eigenvalue weighted by molar-refractivity contribution is 6.03. The number of anilines is 2. The van der Waals surface area contributed by atoms with Crippen molar-refractivity contribution >= 4 is 23.4 Å². The Labute approximate surface area is 144 Å². The van der Waals surface area contributed by atoms with E-state index in [1.165, 1.54) is 19.2 Å².